The molecule has 138 valence electrons. The van der Waals surface area contributed by atoms with Crippen LogP contribution in [-0.2, 0) is 6.42 Å². The summed E-state index contributed by atoms with van der Waals surface area (Å²) in [5.41, 5.74) is 2.58. The highest BCUT2D eigenvalue weighted by atomic mass is 16.1. The molecule has 0 aliphatic carbocycles. The van der Waals surface area contributed by atoms with Gasteiger partial charge >= 0.3 is 0 Å². The molecule has 1 fully saturated rings. The largest absolute Gasteiger partial charge is 0.352 e. The van der Waals surface area contributed by atoms with E-state index < -0.39 is 0 Å². The summed E-state index contributed by atoms with van der Waals surface area (Å²) in [6.45, 7) is 6.37. The Labute approximate surface area is 155 Å². The molecule has 3 rings (SSSR count). The topological polar surface area (TPSA) is 61.4 Å². The second-order valence-corrected chi connectivity index (χ2v) is 6.80. The molecular weight excluding hydrogens is 326 g/mol. The highest BCUT2D eigenvalue weighted by molar-refractivity contribution is 5.94. The third-order valence-electron chi connectivity index (χ3n) is 4.77. The number of hydrogen-bond donors (Lipinski definition) is 1. The molecule has 26 heavy (non-hydrogen) atoms. The summed E-state index contributed by atoms with van der Waals surface area (Å²) in [4.78, 5) is 25.8. The van der Waals surface area contributed by atoms with E-state index in [0.29, 0.717) is 12.1 Å². The van der Waals surface area contributed by atoms with E-state index in [1.165, 1.54) is 5.56 Å². The summed E-state index contributed by atoms with van der Waals surface area (Å²) in [7, 11) is 2.12. The van der Waals surface area contributed by atoms with Crippen LogP contribution in [0.1, 0.15) is 28.0 Å². The molecule has 1 aliphatic rings. The van der Waals surface area contributed by atoms with Crippen molar-refractivity contribution in [3.05, 3.63) is 53.3 Å². The Balaban J connectivity index is 1.51. The number of carbonyl (C=O) groups is 1. The second-order valence-electron chi connectivity index (χ2n) is 6.80. The monoisotopic (exact) mass is 353 g/mol. The standard InChI is InChI=1S/C20H27N5O/c1-16-18(15-22-20(23-16)25-13-11-24(2)12-14-25)19(26)21-10-6-9-17-7-4-3-5-8-17/h3-5,7-8,15H,6,9-14H2,1-2H3,(H,21,26). The Kier molecular flexibility index (Phi) is 6.17. The van der Waals surface area contributed by atoms with E-state index in [1.54, 1.807) is 6.20 Å². The number of nitrogens with one attached hydrogen (secondary N) is 1. The number of anilines is 1. The fraction of sp³-hybridized carbons (Fsp3) is 0.450. The van der Waals surface area contributed by atoms with Crippen molar-refractivity contribution in [2.75, 3.05) is 44.7 Å². The fourth-order valence-corrected chi connectivity index (χ4v) is 3.07. The maximum absolute atomic E-state index is 12.4. The van der Waals surface area contributed by atoms with Crippen molar-refractivity contribution in [3.8, 4) is 0 Å². The number of nitrogens with zero attached hydrogens (tertiary/aromatic N) is 4. The number of aryl methyl sites for hydroxylation is 2. The highest BCUT2D eigenvalue weighted by Crippen LogP contribution is 2.13. The van der Waals surface area contributed by atoms with Gasteiger partial charge in [-0.15, -0.1) is 0 Å². The predicted molar refractivity (Wildman–Crippen MR) is 104 cm³/mol. The van der Waals surface area contributed by atoms with Crippen LogP contribution in [0.5, 0.6) is 0 Å². The molecule has 2 heterocycles. The molecule has 6 heteroatoms. The van der Waals surface area contributed by atoms with Gasteiger partial charge in [-0.3, -0.25) is 4.79 Å². The molecule has 0 radical (unpaired) electrons. The summed E-state index contributed by atoms with van der Waals surface area (Å²) in [6, 6.07) is 10.3. The van der Waals surface area contributed by atoms with Gasteiger partial charge in [0, 0.05) is 38.9 Å². The van der Waals surface area contributed by atoms with Crippen molar-refractivity contribution in [1.29, 1.82) is 0 Å². The number of hydrogen-bond acceptors (Lipinski definition) is 5. The summed E-state index contributed by atoms with van der Waals surface area (Å²) < 4.78 is 0. The van der Waals surface area contributed by atoms with Gasteiger partial charge < -0.3 is 15.1 Å². The van der Waals surface area contributed by atoms with Gasteiger partial charge in [0.15, 0.2) is 0 Å². The number of piperazine rings is 1. The summed E-state index contributed by atoms with van der Waals surface area (Å²) >= 11 is 0. The zero-order valence-electron chi connectivity index (χ0n) is 15.6. The summed E-state index contributed by atoms with van der Waals surface area (Å²) in [6.07, 6.45) is 3.52. The molecule has 1 aliphatic heterocycles. The molecule has 0 unspecified atom stereocenters. The Morgan fingerprint density at radius 1 is 1.15 bits per heavy atom. The molecule has 1 saturated heterocycles. The Bertz CT molecular complexity index is 726. The van der Waals surface area contributed by atoms with Gasteiger partial charge in [-0.1, -0.05) is 30.3 Å². The first kappa shape index (κ1) is 18.3. The first-order chi connectivity index (χ1) is 12.6. The lowest BCUT2D eigenvalue weighted by molar-refractivity contribution is 0.0952. The smallest absolute Gasteiger partial charge is 0.254 e. The maximum atomic E-state index is 12.4. The lowest BCUT2D eigenvalue weighted by Crippen LogP contribution is -2.45. The van der Waals surface area contributed by atoms with Crippen LogP contribution in [-0.4, -0.2) is 60.5 Å². The van der Waals surface area contributed by atoms with Crippen LogP contribution >= 0.6 is 0 Å². The Hall–Kier alpha value is -2.47. The van der Waals surface area contributed by atoms with Crippen LogP contribution in [0, 0.1) is 6.92 Å². The first-order valence-corrected chi connectivity index (χ1v) is 9.23. The van der Waals surface area contributed by atoms with Gasteiger partial charge in [-0.05, 0) is 32.4 Å². The normalized spacial score (nSPS) is 15.1. The molecule has 1 aromatic carbocycles. The number of likely N-dealkylation sites (N-methyl/N-ethyl adjacent to an activating group) is 1. The van der Waals surface area contributed by atoms with Crippen molar-refractivity contribution in [2.45, 2.75) is 19.8 Å². The number of benzene rings is 1. The fourth-order valence-electron chi connectivity index (χ4n) is 3.07. The van der Waals surface area contributed by atoms with Crippen molar-refractivity contribution in [1.82, 2.24) is 20.2 Å². The summed E-state index contributed by atoms with van der Waals surface area (Å²) in [5, 5.41) is 2.98. The van der Waals surface area contributed by atoms with Crippen LogP contribution < -0.4 is 10.2 Å². The lowest BCUT2D eigenvalue weighted by Gasteiger charge is -2.32. The molecule has 6 nitrogen and oxygen atoms in total. The second kappa shape index (κ2) is 8.76. The van der Waals surface area contributed by atoms with Gasteiger partial charge in [0.1, 0.15) is 0 Å². The van der Waals surface area contributed by atoms with E-state index in [2.05, 4.69) is 44.3 Å². The van der Waals surface area contributed by atoms with Crippen molar-refractivity contribution in [2.24, 2.45) is 0 Å². The lowest BCUT2D eigenvalue weighted by atomic mass is 10.1. The predicted octanol–water partition coefficient (Wildman–Crippen LogP) is 1.90. The van der Waals surface area contributed by atoms with Crippen LogP contribution in [0.2, 0.25) is 0 Å². The molecular formula is C20H27N5O. The maximum Gasteiger partial charge on any atom is 0.254 e. The molecule has 0 saturated carbocycles. The zero-order valence-corrected chi connectivity index (χ0v) is 15.6. The van der Waals surface area contributed by atoms with Crippen LogP contribution in [0.4, 0.5) is 5.95 Å². The third kappa shape index (κ3) is 4.79. The van der Waals surface area contributed by atoms with Crippen LogP contribution in [0.3, 0.4) is 0 Å². The van der Waals surface area contributed by atoms with E-state index in [0.717, 1.165) is 50.7 Å². The minimum absolute atomic E-state index is 0.0968. The molecule has 0 atom stereocenters. The van der Waals surface area contributed by atoms with Gasteiger partial charge in [0.2, 0.25) is 5.95 Å². The average molecular weight is 353 g/mol. The summed E-state index contributed by atoms with van der Waals surface area (Å²) in [5.74, 6) is 0.622. The number of amides is 1. The van der Waals surface area contributed by atoms with E-state index in [4.69, 9.17) is 0 Å². The van der Waals surface area contributed by atoms with E-state index in [1.807, 2.05) is 25.1 Å². The molecule has 2 aromatic rings. The van der Waals surface area contributed by atoms with Crippen LogP contribution in [0.15, 0.2) is 36.5 Å². The minimum Gasteiger partial charge on any atom is -0.352 e. The molecule has 0 bridgehead atoms. The third-order valence-corrected chi connectivity index (χ3v) is 4.77. The minimum atomic E-state index is -0.0968. The van der Waals surface area contributed by atoms with E-state index in [9.17, 15) is 4.79 Å². The number of rotatable bonds is 6. The highest BCUT2D eigenvalue weighted by Gasteiger charge is 2.18. The van der Waals surface area contributed by atoms with Gasteiger partial charge in [-0.25, -0.2) is 9.97 Å². The quantitative estimate of drug-likeness (QED) is 0.804. The average Bonchev–Trinajstić information content (AvgIpc) is 2.66. The van der Waals surface area contributed by atoms with E-state index >= 15 is 0 Å². The van der Waals surface area contributed by atoms with Crippen molar-refractivity contribution < 1.29 is 4.79 Å². The first-order valence-electron chi connectivity index (χ1n) is 9.23. The molecule has 1 aromatic heterocycles. The van der Waals surface area contributed by atoms with E-state index in [-0.39, 0.29) is 5.91 Å². The zero-order chi connectivity index (χ0) is 18.4. The number of carbonyl (C=O) groups excluding carboxylic acids is 1. The van der Waals surface area contributed by atoms with Crippen molar-refractivity contribution >= 4 is 11.9 Å². The molecule has 1 N–H and O–H groups in total. The van der Waals surface area contributed by atoms with Gasteiger partial charge in [0.05, 0.1) is 11.3 Å². The number of aromatic nitrogens is 2. The molecule has 1 amide bonds. The molecule has 0 spiro atoms. The Morgan fingerprint density at radius 2 is 1.88 bits per heavy atom. The van der Waals surface area contributed by atoms with Gasteiger partial charge in [0.25, 0.3) is 5.91 Å². The Morgan fingerprint density at radius 3 is 2.58 bits per heavy atom. The van der Waals surface area contributed by atoms with Crippen molar-refractivity contribution in [3.63, 3.8) is 0 Å². The van der Waals surface area contributed by atoms with Gasteiger partial charge in [-0.2, -0.15) is 0 Å². The van der Waals surface area contributed by atoms with Crippen LogP contribution in [0.25, 0.3) is 0 Å². The SMILES string of the molecule is Cc1nc(N2CCN(C)CC2)ncc1C(=O)NCCCc1ccccc1.